The van der Waals surface area contributed by atoms with E-state index in [0.717, 1.165) is 22.7 Å². The van der Waals surface area contributed by atoms with Gasteiger partial charge in [-0.15, -0.1) is 10.2 Å². The van der Waals surface area contributed by atoms with E-state index in [1.165, 1.54) is 6.20 Å². The number of fused-ring (bicyclic) bond motifs is 1. The van der Waals surface area contributed by atoms with Gasteiger partial charge in [0.25, 0.3) is 5.16 Å². The summed E-state index contributed by atoms with van der Waals surface area (Å²) in [5.41, 5.74) is 2.35. The molecule has 96 valence electrons. The van der Waals surface area contributed by atoms with Gasteiger partial charge in [0.1, 0.15) is 5.69 Å². The number of para-hydroxylation sites is 1. The van der Waals surface area contributed by atoms with E-state index in [0.29, 0.717) is 5.69 Å². The van der Waals surface area contributed by atoms with Gasteiger partial charge < -0.3 is 4.98 Å². The van der Waals surface area contributed by atoms with Gasteiger partial charge in [-0.25, -0.2) is 13.4 Å². The van der Waals surface area contributed by atoms with Crippen LogP contribution in [-0.2, 0) is 9.84 Å². The third-order valence-corrected chi connectivity index (χ3v) is 3.59. The van der Waals surface area contributed by atoms with Crippen LogP contribution in [0.4, 0.5) is 0 Å². The van der Waals surface area contributed by atoms with Crippen LogP contribution in [0, 0.1) is 0 Å². The summed E-state index contributed by atoms with van der Waals surface area (Å²) in [6.45, 7) is 0. The Balaban J connectivity index is 2.12. The Bertz CT molecular complexity index is 838. The van der Waals surface area contributed by atoms with Crippen LogP contribution >= 0.6 is 0 Å². The fourth-order valence-electron chi connectivity index (χ4n) is 1.84. The highest BCUT2D eigenvalue weighted by Gasteiger charge is 2.13. The highest BCUT2D eigenvalue weighted by atomic mass is 32.2. The Hall–Kier alpha value is -2.28. The van der Waals surface area contributed by atoms with Gasteiger partial charge in [-0.2, -0.15) is 0 Å². The number of sulfone groups is 1. The van der Waals surface area contributed by atoms with Crippen LogP contribution < -0.4 is 0 Å². The lowest BCUT2D eigenvalue weighted by atomic mass is 10.1. The number of H-pyrrole nitrogens is 1. The molecule has 0 aliphatic rings. The summed E-state index contributed by atoms with van der Waals surface area (Å²) in [5, 5.41) is 8.30. The fourth-order valence-corrected chi connectivity index (χ4v) is 2.27. The molecular weight excluding hydrogens is 264 g/mol. The quantitative estimate of drug-likeness (QED) is 0.763. The zero-order valence-corrected chi connectivity index (χ0v) is 10.8. The minimum absolute atomic E-state index is 0.268. The smallest absolute Gasteiger partial charge is 0.267 e. The molecule has 0 bridgehead atoms. The van der Waals surface area contributed by atoms with E-state index in [-0.39, 0.29) is 5.16 Å². The lowest BCUT2D eigenvalue weighted by Gasteiger charge is -1.99. The SMILES string of the molecule is CS(=O)(=O)c1ncc(-c2c[nH]c3ccccc23)nn1. The molecule has 0 fully saturated rings. The number of aromatic amines is 1. The monoisotopic (exact) mass is 274 g/mol. The molecule has 2 aromatic heterocycles. The van der Waals surface area contributed by atoms with Crippen molar-refractivity contribution in [1.82, 2.24) is 20.2 Å². The van der Waals surface area contributed by atoms with Crippen molar-refractivity contribution in [2.45, 2.75) is 5.16 Å². The van der Waals surface area contributed by atoms with E-state index in [9.17, 15) is 8.42 Å². The molecule has 1 N–H and O–H groups in total. The molecule has 0 amide bonds. The third kappa shape index (κ3) is 2.08. The Labute approximate surface area is 109 Å². The Morgan fingerprint density at radius 2 is 1.95 bits per heavy atom. The summed E-state index contributed by atoms with van der Waals surface area (Å²) in [5.74, 6) is 0. The topological polar surface area (TPSA) is 88.6 Å². The van der Waals surface area contributed by atoms with Gasteiger partial charge in [0, 0.05) is 28.9 Å². The van der Waals surface area contributed by atoms with Crippen LogP contribution in [-0.4, -0.2) is 34.8 Å². The molecule has 0 saturated heterocycles. The van der Waals surface area contributed by atoms with Gasteiger partial charge in [0.05, 0.1) is 6.20 Å². The average Bonchev–Trinajstić information content (AvgIpc) is 2.82. The molecule has 0 radical (unpaired) electrons. The Morgan fingerprint density at radius 3 is 2.63 bits per heavy atom. The van der Waals surface area contributed by atoms with Crippen molar-refractivity contribution >= 4 is 20.7 Å². The van der Waals surface area contributed by atoms with E-state index in [2.05, 4.69) is 20.2 Å². The average molecular weight is 274 g/mol. The predicted molar refractivity (Wildman–Crippen MR) is 70.2 cm³/mol. The predicted octanol–water partition coefficient (Wildman–Crippen LogP) is 1.42. The van der Waals surface area contributed by atoms with Crippen molar-refractivity contribution in [2.24, 2.45) is 0 Å². The maximum atomic E-state index is 11.3. The van der Waals surface area contributed by atoms with Crippen LogP contribution in [0.2, 0.25) is 0 Å². The lowest BCUT2D eigenvalue weighted by molar-refractivity contribution is 0.589. The molecule has 2 heterocycles. The lowest BCUT2D eigenvalue weighted by Crippen LogP contribution is -2.05. The first-order valence-electron chi connectivity index (χ1n) is 5.52. The highest BCUT2D eigenvalue weighted by molar-refractivity contribution is 7.90. The summed E-state index contributed by atoms with van der Waals surface area (Å²) < 4.78 is 22.5. The van der Waals surface area contributed by atoms with Crippen LogP contribution in [0.1, 0.15) is 0 Å². The summed E-state index contributed by atoms with van der Waals surface area (Å²) in [7, 11) is -3.42. The second kappa shape index (κ2) is 4.13. The minimum atomic E-state index is -3.42. The first-order chi connectivity index (χ1) is 9.05. The Kier molecular flexibility index (Phi) is 2.56. The van der Waals surface area contributed by atoms with Crippen molar-refractivity contribution in [2.75, 3.05) is 6.26 Å². The zero-order chi connectivity index (χ0) is 13.5. The molecule has 0 atom stereocenters. The highest BCUT2D eigenvalue weighted by Crippen LogP contribution is 2.26. The summed E-state index contributed by atoms with van der Waals surface area (Å²) in [6, 6.07) is 7.75. The largest absolute Gasteiger partial charge is 0.360 e. The molecule has 6 nitrogen and oxygen atoms in total. The van der Waals surface area contributed by atoms with Gasteiger partial charge in [0.2, 0.25) is 9.84 Å². The van der Waals surface area contributed by atoms with Gasteiger partial charge in [-0.1, -0.05) is 18.2 Å². The van der Waals surface area contributed by atoms with Crippen molar-refractivity contribution in [3.8, 4) is 11.3 Å². The standard InChI is InChI=1S/C12H10N4O2S/c1-19(17,18)12-14-7-11(15-16-12)9-6-13-10-5-3-2-4-8(9)10/h2-7,13H,1H3. The molecule has 3 aromatic rings. The molecule has 3 rings (SSSR count). The van der Waals surface area contributed by atoms with E-state index in [1.54, 1.807) is 6.20 Å². The first kappa shape index (κ1) is 11.8. The number of hydrogen-bond donors (Lipinski definition) is 1. The zero-order valence-electron chi connectivity index (χ0n) is 10.0. The van der Waals surface area contributed by atoms with Crippen molar-refractivity contribution in [1.29, 1.82) is 0 Å². The number of hydrogen-bond acceptors (Lipinski definition) is 5. The van der Waals surface area contributed by atoms with Gasteiger partial charge in [-0.3, -0.25) is 0 Å². The number of rotatable bonds is 2. The number of aromatic nitrogens is 4. The van der Waals surface area contributed by atoms with Crippen molar-refractivity contribution in [3.63, 3.8) is 0 Å². The molecule has 0 unspecified atom stereocenters. The maximum absolute atomic E-state index is 11.3. The summed E-state index contributed by atoms with van der Waals surface area (Å²) in [6.07, 6.45) is 4.27. The molecule has 0 spiro atoms. The third-order valence-electron chi connectivity index (χ3n) is 2.74. The van der Waals surface area contributed by atoms with Crippen LogP contribution in [0.5, 0.6) is 0 Å². The van der Waals surface area contributed by atoms with Crippen LogP contribution in [0.3, 0.4) is 0 Å². The molecule has 7 heteroatoms. The molecule has 19 heavy (non-hydrogen) atoms. The fraction of sp³-hybridized carbons (Fsp3) is 0.0833. The Morgan fingerprint density at radius 1 is 1.16 bits per heavy atom. The molecule has 0 saturated carbocycles. The first-order valence-corrected chi connectivity index (χ1v) is 7.41. The molecule has 1 aromatic carbocycles. The second-order valence-electron chi connectivity index (χ2n) is 4.15. The second-order valence-corrected chi connectivity index (χ2v) is 6.06. The number of nitrogens with one attached hydrogen (secondary N) is 1. The van der Waals surface area contributed by atoms with Gasteiger partial charge in [0.15, 0.2) is 0 Å². The van der Waals surface area contributed by atoms with E-state index in [1.807, 2.05) is 24.3 Å². The summed E-state index contributed by atoms with van der Waals surface area (Å²) in [4.78, 5) is 6.95. The minimum Gasteiger partial charge on any atom is -0.360 e. The van der Waals surface area contributed by atoms with E-state index < -0.39 is 9.84 Å². The number of benzene rings is 1. The van der Waals surface area contributed by atoms with Gasteiger partial charge >= 0.3 is 0 Å². The van der Waals surface area contributed by atoms with Crippen molar-refractivity contribution in [3.05, 3.63) is 36.7 Å². The van der Waals surface area contributed by atoms with E-state index in [4.69, 9.17) is 0 Å². The van der Waals surface area contributed by atoms with E-state index >= 15 is 0 Å². The van der Waals surface area contributed by atoms with Crippen LogP contribution in [0.15, 0.2) is 41.8 Å². The van der Waals surface area contributed by atoms with Gasteiger partial charge in [-0.05, 0) is 6.07 Å². The van der Waals surface area contributed by atoms with Crippen molar-refractivity contribution < 1.29 is 8.42 Å². The number of nitrogens with zero attached hydrogens (tertiary/aromatic N) is 3. The molecule has 0 aliphatic heterocycles. The molecule has 0 aliphatic carbocycles. The summed E-state index contributed by atoms with van der Waals surface area (Å²) >= 11 is 0. The maximum Gasteiger partial charge on any atom is 0.267 e. The normalized spacial score (nSPS) is 11.8. The molecular formula is C12H10N4O2S. The van der Waals surface area contributed by atoms with Crippen LogP contribution in [0.25, 0.3) is 22.2 Å².